The van der Waals surface area contributed by atoms with Crippen LogP contribution in [0.2, 0.25) is 0 Å². The van der Waals surface area contributed by atoms with Crippen LogP contribution in [0.25, 0.3) is 11.0 Å². The first-order valence-electron chi connectivity index (χ1n) is 8.67. The Balaban J connectivity index is 1.62. The molecule has 0 radical (unpaired) electrons. The van der Waals surface area contributed by atoms with Gasteiger partial charge in [0.1, 0.15) is 5.58 Å². The molecule has 0 aliphatic heterocycles. The molecule has 3 aromatic rings. The maximum absolute atomic E-state index is 12.5. The number of benzene rings is 2. The quantitative estimate of drug-likeness (QED) is 0.469. The van der Waals surface area contributed by atoms with Crippen LogP contribution in [0.15, 0.2) is 71.9 Å². The lowest BCUT2D eigenvalue weighted by Crippen LogP contribution is -2.35. The molecule has 3 rings (SSSR count). The average Bonchev–Trinajstić information content (AvgIpc) is 3.06. The summed E-state index contributed by atoms with van der Waals surface area (Å²) in [7, 11) is 0. The second-order valence-corrected chi connectivity index (χ2v) is 6.23. The summed E-state index contributed by atoms with van der Waals surface area (Å²) in [5, 5.41) is 0.876. The van der Waals surface area contributed by atoms with Crippen LogP contribution < -0.4 is 4.90 Å². The fourth-order valence-corrected chi connectivity index (χ4v) is 2.84. The van der Waals surface area contributed by atoms with E-state index in [1.54, 1.807) is 12.3 Å². The van der Waals surface area contributed by atoms with Gasteiger partial charge < -0.3 is 14.1 Å². The first-order chi connectivity index (χ1) is 13.1. The molecule has 0 aliphatic rings. The van der Waals surface area contributed by atoms with E-state index in [2.05, 4.69) is 6.58 Å². The number of hydrogen-bond donors (Lipinski definition) is 0. The summed E-state index contributed by atoms with van der Waals surface area (Å²) in [5.41, 5.74) is 3.29. The van der Waals surface area contributed by atoms with Gasteiger partial charge in [0.25, 0.3) is 5.91 Å². The number of para-hydroxylation sites is 1. The van der Waals surface area contributed by atoms with E-state index < -0.39 is 5.97 Å². The molecule has 5 heteroatoms. The molecule has 0 saturated heterocycles. The standard InChI is InChI=1S/C22H21NO4/c1-3-11-23(18-7-5-4-6-8-18)21(24)15-27-22(25)13-17-14-26-20-12-16(2)9-10-19(17)20/h3-10,12,14H,1,11,13,15H2,2H3. The summed E-state index contributed by atoms with van der Waals surface area (Å²) < 4.78 is 10.7. The predicted octanol–water partition coefficient (Wildman–Crippen LogP) is 4.05. The van der Waals surface area contributed by atoms with Crippen molar-refractivity contribution in [3.63, 3.8) is 0 Å². The van der Waals surface area contributed by atoms with Gasteiger partial charge in [-0.05, 0) is 30.7 Å². The second-order valence-electron chi connectivity index (χ2n) is 6.23. The summed E-state index contributed by atoms with van der Waals surface area (Å²) >= 11 is 0. The Kier molecular flexibility index (Phi) is 5.71. The molecule has 2 aromatic carbocycles. The van der Waals surface area contributed by atoms with Gasteiger partial charge in [-0.25, -0.2) is 0 Å². The maximum atomic E-state index is 12.5. The number of amides is 1. The van der Waals surface area contributed by atoms with Gasteiger partial charge in [-0.15, -0.1) is 6.58 Å². The predicted molar refractivity (Wildman–Crippen MR) is 105 cm³/mol. The second kappa shape index (κ2) is 8.36. The normalized spacial score (nSPS) is 10.6. The summed E-state index contributed by atoms with van der Waals surface area (Å²) in [5.74, 6) is -0.777. The Morgan fingerprint density at radius 2 is 1.96 bits per heavy atom. The minimum Gasteiger partial charge on any atom is -0.464 e. The molecule has 1 aromatic heterocycles. The molecule has 0 N–H and O–H groups in total. The summed E-state index contributed by atoms with van der Waals surface area (Å²) in [6, 6.07) is 15.0. The van der Waals surface area contributed by atoms with Gasteiger partial charge in [0.15, 0.2) is 6.61 Å². The van der Waals surface area contributed by atoms with Gasteiger partial charge in [0.2, 0.25) is 0 Å². The third kappa shape index (κ3) is 4.44. The van der Waals surface area contributed by atoms with Crippen LogP contribution in [0.3, 0.4) is 0 Å². The molecule has 138 valence electrons. The summed E-state index contributed by atoms with van der Waals surface area (Å²) in [4.78, 5) is 26.2. The molecular weight excluding hydrogens is 342 g/mol. The maximum Gasteiger partial charge on any atom is 0.310 e. The van der Waals surface area contributed by atoms with E-state index in [1.807, 2.05) is 55.5 Å². The van der Waals surface area contributed by atoms with Crippen molar-refractivity contribution in [3.05, 3.63) is 78.6 Å². The number of aryl methyl sites for hydroxylation is 1. The smallest absolute Gasteiger partial charge is 0.310 e. The largest absolute Gasteiger partial charge is 0.464 e. The molecule has 0 spiro atoms. The Morgan fingerprint density at radius 3 is 2.70 bits per heavy atom. The van der Waals surface area contributed by atoms with Crippen LogP contribution in [-0.4, -0.2) is 25.0 Å². The topological polar surface area (TPSA) is 59.8 Å². The Bertz CT molecular complexity index is 959. The zero-order valence-electron chi connectivity index (χ0n) is 15.2. The van der Waals surface area contributed by atoms with Crippen LogP contribution in [-0.2, 0) is 20.7 Å². The Labute approximate surface area is 157 Å². The zero-order valence-corrected chi connectivity index (χ0v) is 15.2. The van der Waals surface area contributed by atoms with E-state index in [-0.39, 0.29) is 18.9 Å². The van der Waals surface area contributed by atoms with Crippen LogP contribution in [0.4, 0.5) is 5.69 Å². The molecule has 1 amide bonds. The van der Waals surface area contributed by atoms with E-state index in [9.17, 15) is 9.59 Å². The fourth-order valence-electron chi connectivity index (χ4n) is 2.84. The summed E-state index contributed by atoms with van der Waals surface area (Å²) in [6.45, 7) is 5.67. The number of nitrogens with zero attached hydrogens (tertiary/aromatic N) is 1. The van der Waals surface area contributed by atoms with Gasteiger partial charge in [0.05, 0.1) is 12.7 Å². The van der Waals surface area contributed by atoms with Gasteiger partial charge >= 0.3 is 5.97 Å². The molecule has 0 atom stereocenters. The van der Waals surface area contributed by atoms with Crippen molar-refractivity contribution in [2.75, 3.05) is 18.1 Å². The first-order valence-corrected chi connectivity index (χ1v) is 8.67. The third-order valence-corrected chi connectivity index (χ3v) is 4.18. The number of furan rings is 1. The Morgan fingerprint density at radius 1 is 1.19 bits per heavy atom. The molecule has 0 aliphatic carbocycles. The van der Waals surface area contributed by atoms with E-state index in [0.717, 1.165) is 27.8 Å². The highest BCUT2D eigenvalue weighted by atomic mass is 16.5. The van der Waals surface area contributed by atoms with E-state index in [0.29, 0.717) is 6.54 Å². The van der Waals surface area contributed by atoms with Crippen LogP contribution in [0, 0.1) is 6.92 Å². The van der Waals surface area contributed by atoms with Crippen molar-refractivity contribution in [2.24, 2.45) is 0 Å². The lowest BCUT2D eigenvalue weighted by Gasteiger charge is -2.21. The number of anilines is 1. The van der Waals surface area contributed by atoms with Crippen molar-refractivity contribution in [1.29, 1.82) is 0 Å². The fraction of sp³-hybridized carbons (Fsp3) is 0.182. The van der Waals surface area contributed by atoms with Crippen LogP contribution >= 0.6 is 0 Å². The first kappa shape index (κ1) is 18.5. The number of esters is 1. The molecule has 27 heavy (non-hydrogen) atoms. The van der Waals surface area contributed by atoms with Gasteiger partial charge in [0, 0.05) is 23.2 Å². The molecule has 0 saturated carbocycles. The molecule has 5 nitrogen and oxygen atoms in total. The minimum absolute atomic E-state index is 0.0517. The number of ether oxygens (including phenoxy) is 1. The minimum atomic E-state index is -0.474. The monoisotopic (exact) mass is 363 g/mol. The van der Waals surface area contributed by atoms with Crippen LogP contribution in [0.1, 0.15) is 11.1 Å². The van der Waals surface area contributed by atoms with Crippen molar-refractivity contribution in [2.45, 2.75) is 13.3 Å². The van der Waals surface area contributed by atoms with Gasteiger partial charge in [-0.1, -0.05) is 36.4 Å². The van der Waals surface area contributed by atoms with Crippen molar-refractivity contribution >= 4 is 28.5 Å². The number of rotatable bonds is 7. The third-order valence-electron chi connectivity index (χ3n) is 4.18. The van der Waals surface area contributed by atoms with Crippen molar-refractivity contribution in [1.82, 2.24) is 0 Å². The van der Waals surface area contributed by atoms with Crippen LogP contribution in [0.5, 0.6) is 0 Å². The molecule has 0 fully saturated rings. The van der Waals surface area contributed by atoms with Gasteiger partial charge in [-0.3, -0.25) is 9.59 Å². The number of carbonyl (C=O) groups is 2. The number of carbonyl (C=O) groups excluding carboxylic acids is 2. The number of hydrogen-bond acceptors (Lipinski definition) is 4. The van der Waals surface area contributed by atoms with Crippen molar-refractivity contribution < 1.29 is 18.7 Å². The number of fused-ring (bicyclic) bond motifs is 1. The lowest BCUT2D eigenvalue weighted by atomic mass is 10.1. The molecular formula is C22H21NO4. The lowest BCUT2D eigenvalue weighted by molar-refractivity contribution is -0.147. The van der Waals surface area contributed by atoms with E-state index in [4.69, 9.17) is 9.15 Å². The zero-order chi connectivity index (χ0) is 19.2. The summed E-state index contributed by atoms with van der Waals surface area (Å²) in [6.07, 6.45) is 3.24. The molecule has 1 heterocycles. The highest BCUT2D eigenvalue weighted by Gasteiger charge is 2.17. The highest BCUT2D eigenvalue weighted by Crippen LogP contribution is 2.23. The average molecular weight is 363 g/mol. The van der Waals surface area contributed by atoms with E-state index in [1.165, 1.54) is 4.90 Å². The highest BCUT2D eigenvalue weighted by molar-refractivity contribution is 5.95. The Hall–Kier alpha value is -3.34. The molecule has 0 unspecified atom stereocenters. The van der Waals surface area contributed by atoms with Crippen molar-refractivity contribution in [3.8, 4) is 0 Å². The molecule has 0 bridgehead atoms. The van der Waals surface area contributed by atoms with Gasteiger partial charge in [-0.2, -0.15) is 0 Å². The van der Waals surface area contributed by atoms with E-state index >= 15 is 0 Å². The SMILES string of the molecule is C=CCN(C(=O)COC(=O)Cc1coc2cc(C)ccc12)c1ccccc1.